The van der Waals surface area contributed by atoms with Crippen LogP contribution in [0.15, 0.2) is 36.4 Å². The minimum Gasteiger partial charge on any atom is -0.508 e. The maximum atomic E-state index is 10.6. The molecule has 2 saturated carbocycles. The van der Waals surface area contributed by atoms with Gasteiger partial charge in [0, 0.05) is 34.6 Å². The first-order valence-corrected chi connectivity index (χ1v) is 9.60. The van der Waals surface area contributed by atoms with Gasteiger partial charge < -0.3 is 20.1 Å². The molecule has 1 aliphatic heterocycles. The summed E-state index contributed by atoms with van der Waals surface area (Å²) in [6.45, 7) is 0. The summed E-state index contributed by atoms with van der Waals surface area (Å²) in [5, 5.41) is 30.4. The van der Waals surface area contributed by atoms with Crippen LogP contribution in [0.5, 0.6) is 23.0 Å². The Morgan fingerprint density at radius 2 is 1.50 bits per heavy atom. The van der Waals surface area contributed by atoms with Crippen LogP contribution in [-0.2, 0) is 11.0 Å². The maximum absolute atomic E-state index is 10.6. The smallest absolute Gasteiger partial charge is 0.141 e. The first-order chi connectivity index (χ1) is 12.6. The van der Waals surface area contributed by atoms with E-state index in [4.69, 9.17) is 4.74 Å². The average molecular weight is 352 g/mol. The highest BCUT2D eigenvalue weighted by Crippen LogP contribution is 2.65. The number of ether oxygens (including phenoxy) is 1. The fourth-order valence-electron chi connectivity index (χ4n) is 6.09. The second-order valence-electron chi connectivity index (χ2n) is 8.18. The van der Waals surface area contributed by atoms with Gasteiger partial charge in [0.15, 0.2) is 0 Å². The molecule has 0 radical (unpaired) electrons. The molecule has 2 aromatic rings. The number of phenols is 3. The third-order valence-electron chi connectivity index (χ3n) is 7.00. The van der Waals surface area contributed by atoms with Gasteiger partial charge in [-0.3, -0.25) is 0 Å². The normalized spacial score (nSPS) is 28.5. The fraction of sp³-hybridized carbons (Fsp3) is 0.455. The van der Waals surface area contributed by atoms with E-state index >= 15 is 0 Å². The van der Waals surface area contributed by atoms with Crippen LogP contribution in [0.1, 0.15) is 56.1 Å². The van der Waals surface area contributed by atoms with E-state index in [1.165, 1.54) is 24.5 Å². The Morgan fingerprint density at radius 3 is 2.23 bits per heavy atom. The quantitative estimate of drug-likeness (QED) is 0.695. The predicted molar refractivity (Wildman–Crippen MR) is 97.7 cm³/mol. The number of fused-ring (bicyclic) bond motifs is 4. The highest BCUT2D eigenvalue weighted by molar-refractivity contribution is 5.53. The van der Waals surface area contributed by atoms with Crippen molar-refractivity contribution >= 4 is 0 Å². The molecule has 0 aromatic heterocycles. The molecule has 136 valence electrons. The third-order valence-corrected chi connectivity index (χ3v) is 7.00. The number of hydrogen-bond acceptors (Lipinski definition) is 4. The molecule has 1 spiro atoms. The first kappa shape index (κ1) is 15.9. The molecule has 2 fully saturated rings. The summed E-state index contributed by atoms with van der Waals surface area (Å²) in [6, 6.07) is 10.4. The predicted octanol–water partition coefficient (Wildman–Crippen LogP) is 4.70. The summed E-state index contributed by atoms with van der Waals surface area (Å²) in [5.41, 5.74) is 1.43. The molecule has 2 aromatic carbocycles. The van der Waals surface area contributed by atoms with E-state index in [0.717, 1.165) is 43.4 Å². The van der Waals surface area contributed by atoms with Gasteiger partial charge >= 0.3 is 0 Å². The maximum Gasteiger partial charge on any atom is 0.141 e. The summed E-state index contributed by atoms with van der Waals surface area (Å²) < 4.78 is 6.62. The summed E-state index contributed by atoms with van der Waals surface area (Å²) in [6.07, 6.45) is 7.61. The minimum absolute atomic E-state index is 0.0438. The van der Waals surface area contributed by atoms with E-state index in [1.54, 1.807) is 24.3 Å². The Balaban J connectivity index is 1.76. The SMILES string of the molecule is Oc1ccc([C@@]23CCC[C@@H]2C2(CCCC2)c2ccc(O)cc2O3)c(O)c1. The molecular weight excluding hydrogens is 328 g/mol. The molecule has 3 N–H and O–H groups in total. The lowest BCUT2D eigenvalue weighted by atomic mass is 9.60. The molecule has 4 heteroatoms. The molecule has 1 heterocycles. The van der Waals surface area contributed by atoms with Gasteiger partial charge in [0.25, 0.3) is 0 Å². The lowest BCUT2D eigenvalue weighted by molar-refractivity contribution is -0.0365. The van der Waals surface area contributed by atoms with E-state index in [2.05, 4.69) is 0 Å². The van der Waals surface area contributed by atoms with Crippen molar-refractivity contribution in [2.75, 3.05) is 0 Å². The van der Waals surface area contributed by atoms with Crippen molar-refractivity contribution in [3.63, 3.8) is 0 Å². The zero-order chi connectivity index (χ0) is 17.9. The van der Waals surface area contributed by atoms with Crippen molar-refractivity contribution in [3.05, 3.63) is 47.5 Å². The molecular formula is C22H24O4. The van der Waals surface area contributed by atoms with E-state index in [0.29, 0.717) is 5.92 Å². The zero-order valence-corrected chi connectivity index (χ0v) is 14.7. The second kappa shape index (κ2) is 5.32. The summed E-state index contributed by atoms with van der Waals surface area (Å²) in [4.78, 5) is 0. The number of hydrogen-bond donors (Lipinski definition) is 3. The molecule has 3 aliphatic rings. The van der Waals surface area contributed by atoms with Crippen molar-refractivity contribution < 1.29 is 20.1 Å². The average Bonchev–Trinajstić information content (AvgIpc) is 3.23. The molecule has 0 saturated heterocycles. The molecule has 2 atom stereocenters. The van der Waals surface area contributed by atoms with Crippen LogP contribution in [0.4, 0.5) is 0 Å². The summed E-state index contributed by atoms with van der Waals surface area (Å²) in [5.74, 6) is 1.40. The number of aromatic hydroxyl groups is 3. The summed E-state index contributed by atoms with van der Waals surface area (Å²) in [7, 11) is 0. The van der Waals surface area contributed by atoms with E-state index < -0.39 is 5.60 Å². The summed E-state index contributed by atoms with van der Waals surface area (Å²) >= 11 is 0. The van der Waals surface area contributed by atoms with Crippen molar-refractivity contribution in [3.8, 4) is 23.0 Å². The largest absolute Gasteiger partial charge is 0.508 e. The lowest BCUT2D eigenvalue weighted by Crippen LogP contribution is -2.51. The molecule has 0 amide bonds. The molecule has 4 nitrogen and oxygen atoms in total. The van der Waals surface area contributed by atoms with E-state index in [1.807, 2.05) is 6.07 Å². The van der Waals surface area contributed by atoms with Crippen LogP contribution in [0.25, 0.3) is 0 Å². The number of benzene rings is 2. The van der Waals surface area contributed by atoms with Crippen LogP contribution in [0, 0.1) is 5.92 Å². The van der Waals surface area contributed by atoms with Gasteiger partial charge in [-0.25, -0.2) is 0 Å². The highest BCUT2D eigenvalue weighted by atomic mass is 16.5. The Hall–Kier alpha value is -2.36. The van der Waals surface area contributed by atoms with Crippen LogP contribution in [0.2, 0.25) is 0 Å². The van der Waals surface area contributed by atoms with Crippen molar-refractivity contribution in [2.45, 2.75) is 56.0 Å². The van der Waals surface area contributed by atoms with Gasteiger partial charge in [-0.1, -0.05) is 18.9 Å². The van der Waals surface area contributed by atoms with Crippen molar-refractivity contribution in [1.82, 2.24) is 0 Å². The van der Waals surface area contributed by atoms with Crippen LogP contribution < -0.4 is 4.74 Å². The Kier molecular flexibility index (Phi) is 3.25. The van der Waals surface area contributed by atoms with Gasteiger partial charge in [-0.15, -0.1) is 0 Å². The topological polar surface area (TPSA) is 69.9 Å². The fourth-order valence-corrected chi connectivity index (χ4v) is 6.09. The zero-order valence-electron chi connectivity index (χ0n) is 14.7. The second-order valence-corrected chi connectivity index (χ2v) is 8.18. The van der Waals surface area contributed by atoms with Gasteiger partial charge in [0.1, 0.15) is 28.6 Å². The molecule has 2 aliphatic carbocycles. The van der Waals surface area contributed by atoms with Gasteiger partial charge in [-0.05, 0) is 50.3 Å². The Labute approximate surface area is 153 Å². The molecule has 0 unspecified atom stereocenters. The van der Waals surface area contributed by atoms with Gasteiger partial charge in [-0.2, -0.15) is 0 Å². The molecule has 26 heavy (non-hydrogen) atoms. The standard InChI is InChI=1S/C22H24O4/c23-14-5-7-16(18(25)12-14)22-11-3-4-20(22)21(9-1-2-10-21)17-8-6-15(24)13-19(17)26-22/h5-8,12-13,20,23-25H,1-4,9-11H2/t20-,22+/m1/s1. The van der Waals surface area contributed by atoms with Crippen molar-refractivity contribution in [1.29, 1.82) is 0 Å². The monoisotopic (exact) mass is 352 g/mol. The number of rotatable bonds is 1. The van der Waals surface area contributed by atoms with E-state index in [-0.39, 0.29) is 22.7 Å². The Morgan fingerprint density at radius 1 is 0.808 bits per heavy atom. The third kappa shape index (κ3) is 1.96. The highest BCUT2D eigenvalue weighted by Gasteiger charge is 2.61. The first-order valence-electron chi connectivity index (χ1n) is 9.60. The van der Waals surface area contributed by atoms with Crippen molar-refractivity contribution in [2.24, 2.45) is 5.92 Å². The lowest BCUT2D eigenvalue weighted by Gasteiger charge is -2.51. The van der Waals surface area contributed by atoms with Crippen LogP contribution in [-0.4, -0.2) is 15.3 Å². The van der Waals surface area contributed by atoms with Gasteiger partial charge in [0.05, 0.1) is 0 Å². The van der Waals surface area contributed by atoms with E-state index in [9.17, 15) is 15.3 Å². The molecule has 0 bridgehead atoms. The number of phenolic OH excluding ortho intramolecular Hbond substituents is 3. The van der Waals surface area contributed by atoms with Crippen LogP contribution in [0.3, 0.4) is 0 Å². The molecule has 5 rings (SSSR count). The minimum atomic E-state index is -0.594. The van der Waals surface area contributed by atoms with Crippen LogP contribution >= 0.6 is 0 Å². The Bertz CT molecular complexity index is 868. The van der Waals surface area contributed by atoms with Gasteiger partial charge in [0.2, 0.25) is 0 Å².